The molecule has 2 aromatic heterocycles. The van der Waals surface area contributed by atoms with Gasteiger partial charge in [0.05, 0.1) is 35.0 Å². The third-order valence-electron chi connectivity index (χ3n) is 13.0. The Kier molecular flexibility index (Phi) is 13.7. The van der Waals surface area contributed by atoms with Crippen LogP contribution in [0.4, 0.5) is 18.0 Å². The Balaban J connectivity index is 1.25. The van der Waals surface area contributed by atoms with Crippen LogP contribution < -0.4 is 24.8 Å². The smallest absolute Gasteiger partial charge is 0.427 e. The zero-order chi connectivity index (χ0) is 48.7. The zero-order valence-corrected chi connectivity index (χ0v) is 39.4. The Hall–Kier alpha value is -5.79. The number of allylic oxidation sites excluding steroid dienone is 1. The first-order chi connectivity index (χ1) is 31.4. The fourth-order valence-electron chi connectivity index (χ4n) is 8.50. The van der Waals surface area contributed by atoms with Gasteiger partial charge < -0.3 is 29.7 Å². The van der Waals surface area contributed by atoms with E-state index in [1.54, 1.807) is 37.3 Å². The summed E-state index contributed by atoms with van der Waals surface area (Å²) in [6.07, 6.45) is 2.96. The molecule has 2 aliphatic carbocycles. The molecule has 2 saturated carbocycles. The maximum absolute atomic E-state index is 15.0. The summed E-state index contributed by atoms with van der Waals surface area (Å²) >= 11 is 0. The fraction of sp³-hybridized carbons (Fsp3) is 0.553. The summed E-state index contributed by atoms with van der Waals surface area (Å²) in [5, 5.41) is 5.23. The van der Waals surface area contributed by atoms with Crippen molar-refractivity contribution in [3.8, 4) is 34.1 Å². The molecular weight excluding hydrogens is 896 g/mol. The number of sulfonamides is 1. The van der Waals surface area contributed by atoms with Gasteiger partial charge in [0.1, 0.15) is 40.9 Å². The molecule has 1 aromatic carbocycles. The Labute approximate surface area is 388 Å². The molecule has 67 heavy (non-hydrogen) atoms. The third-order valence-corrected chi connectivity index (χ3v) is 15.2. The second kappa shape index (κ2) is 18.7. The van der Waals surface area contributed by atoms with E-state index >= 15 is 0 Å². The lowest BCUT2D eigenvalue weighted by atomic mass is 9.88. The number of rotatable bonds is 11. The minimum Gasteiger partial charge on any atom is -0.491 e. The van der Waals surface area contributed by atoms with E-state index in [0.717, 1.165) is 0 Å². The second-order valence-corrected chi connectivity index (χ2v) is 21.5. The van der Waals surface area contributed by atoms with E-state index in [4.69, 9.17) is 19.2 Å². The van der Waals surface area contributed by atoms with E-state index in [1.807, 2.05) is 39.0 Å². The average molecular weight is 954 g/mol. The number of hydrogen-bond donors (Lipinski definition) is 3. The van der Waals surface area contributed by atoms with Crippen LogP contribution in [0.2, 0.25) is 0 Å². The predicted octanol–water partition coefficient (Wildman–Crippen LogP) is 6.66. The summed E-state index contributed by atoms with van der Waals surface area (Å²) in [5.74, 6) is -2.87. The average Bonchev–Trinajstić information content (AvgIpc) is 4.14. The van der Waals surface area contributed by atoms with Gasteiger partial charge in [0.2, 0.25) is 27.4 Å². The number of alkyl carbamates (subject to hydrolysis) is 1. The normalized spacial score (nSPS) is 27.0. The number of halogens is 3. The molecule has 4 heterocycles. The molecule has 4 amide bonds. The number of hydrogen-bond acceptors (Lipinski definition) is 12. The standard InChI is InChI=1S/C47H58F3N7O9S/c1-27(2)64-32-14-12-30(13-15-32)35-21-33(22-36(53-35)37-25-51-18-19-52-37)65-34-23-38-40(58)55-46(42(60)56-67(62,63)45(7)16-17-45)24-31(46)11-9-8-10-28(3)20-29(4)39(41(59)57(38)26-34)54-43(61)66-44(5,6)47(48,49)50/h9,11-15,18-19,21-22,25,27-29,31,34,38-39H,8,10,16-17,20,23-24,26H2,1-7H3,(H,54,61)(H,55,58)(H,56,60)/b11-9-/t28-,29-,31-,34-,38+,39+,46-/m1/s1. The quantitative estimate of drug-likeness (QED) is 0.173. The first kappa shape index (κ1) is 49.1. The van der Waals surface area contributed by atoms with Gasteiger partial charge in [0, 0.05) is 42.4 Å². The van der Waals surface area contributed by atoms with Crippen molar-refractivity contribution in [2.24, 2.45) is 17.8 Å². The van der Waals surface area contributed by atoms with E-state index < -0.39 is 85.9 Å². The number of carbonyl (C=O) groups is 4. The van der Waals surface area contributed by atoms with Gasteiger partial charge in [-0.3, -0.25) is 29.1 Å². The molecule has 2 aliphatic heterocycles. The molecule has 0 spiro atoms. The topological polar surface area (TPSA) is 208 Å². The molecule has 7 atom stereocenters. The molecule has 16 nitrogen and oxygen atoms in total. The van der Waals surface area contributed by atoms with Crippen molar-refractivity contribution in [1.29, 1.82) is 0 Å². The first-order valence-electron chi connectivity index (χ1n) is 22.5. The van der Waals surface area contributed by atoms with Gasteiger partial charge in [-0.05, 0) is 109 Å². The summed E-state index contributed by atoms with van der Waals surface area (Å²) < 4.78 is 86.6. The van der Waals surface area contributed by atoms with Gasteiger partial charge in [-0.15, -0.1) is 0 Å². The highest BCUT2D eigenvalue weighted by Crippen LogP contribution is 2.48. The van der Waals surface area contributed by atoms with Gasteiger partial charge in [0.15, 0.2) is 0 Å². The SMILES string of the molecule is CC(C)Oc1ccc(-c2cc(O[C@@H]3C[C@H]4C(=O)N[C@]5(C(=O)NS(=O)(=O)C6(C)CC6)C[C@H]5/C=C\CC[C@@H](C)C[C@@H](C)[C@H](NC(=O)OC(C)(C)C(F)(F)F)C(=O)N4C3)cc(-c3cnccn3)n2)cc1. The Morgan fingerprint density at radius 1 is 0.985 bits per heavy atom. The van der Waals surface area contributed by atoms with E-state index in [9.17, 15) is 40.8 Å². The van der Waals surface area contributed by atoms with Crippen LogP contribution in [-0.4, -0.2) is 105 Å². The van der Waals surface area contributed by atoms with Crippen molar-refractivity contribution in [1.82, 2.24) is 35.2 Å². The van der Waals surface area contributed by atoms with Crippen molar-refractivity contribution in [3.63, 3.8) is 0 Å². The molecule has 7 rings (SSSR count). The number of pyridine rings is 1. The van der Waals surface area contributed by atoms with E-state index in [-0.39, 0.29) is 37.2 Å². The lowest BCUT2D eigenvalue weighted by Crippen LogP contribution is -2.59. The number of nitrogens with zero attached hydrogens (tertiary/aromatic N) is 4. The summed E-state index contributed by atoms with van der Waals surface area (Å²) in [6.45, 7) is 10.1. The third kappa shape index (κ3) is 11.0. The van der Waals surface area contributed by atoms with Crippen LogP contribution in [0.5, 0.6) is 11.5 Å². The Bertz CT molecular complexity index is 2490. The number of nitrogens with one attached hydrogen (secondary N) is 3. The van der Waals surface area contributed by atoms with Gasteiger partial charge in [-0.2, -0.15) is 13.2 Å². The molecule has 3 N–H and O–H groups in total. The molecule has 4 aliphatic rings. The van der Waals surface area contributed by atoms with Crippen LogP contribution in [0, 0.1) is 17.8 Å². The van der Waals surface area contributed by atoms with Crippen molar-refractivity contribution >= 4 is 33.8 Å². The second-order valence-electron chi connectivity index (χ2n) is 19.3. The van der Waals surface area contributed by atoms with E-state index in [2.05, 4.69) is 25.3 Å². The van der Waals surface area contributed by atoms with Crippen LogP contribution in [0.15, 0.2) is 67.1 Å². The number of ether oxygens (including phenoxy) is 3. The molecule has 0 radical (unpaired) electrons. The number of fused-ring (bicyclic) bond motifs is 2. The monoisotopic (exact) mass is 953 g/mol. The van der Waals surface area contributed by atoms with Crippen molar-refractivity contribution in [2.45, 2.75) is 140 Å². The minimum atomic E-state index is -4.93. The van der Waals surface area contributed by atoms with Gasteiger partial charge >= 0.3 is 12.3 Å². The molecule has 3 fully saturated rings. The lowest BCUT2D eigenvalue weighted by molar-refractivity contribution is -0.244. The van der Waals surface area contributed by atoms with Crippen LogP contribution in [0.3, 0.4) is 0 Å². The van der Waals surface area contributed by atoms with E-state index in [1.165, 1.54) is 30.4 Å². The summed E-state index contributed by atoms with van der Waals surface area (Å²) in [7, 11) is -4.11. The predicted molar refractivity (Wildman–Crippen MR) is 240 cm³/mol. The van der Waals surface area contributed by atoms with Crippen LogP contribution >= 0.6 is 0 Å². The summed E-state index contributed by atoms with van der Waals surface area (Å²) in [6, 6.07) is 7.76. The minimum absolute atomic E-state index is 0.0518. The highest BCUT2D eigenvalue weighted by molar-refractivity contribution is 7.91. The van der Waals surface area contributed by atoms with Crippen molar-refractivity contribution in [2.75, 3.05) is 6.54 Å². The highest BCUT2D eigenvalue weighted by atomic mass is 32.2. The first-order valence-corrected chi connectivity index (χ1v) is 24.0. The van der Waals surface area contributed by atoms with Crippen molar-refractivity contribution < 1.29 is 55.0 Å². The Morgan fingerprint density at radius 3 is 2.33 bits per heavy atom. The van der Waals surface area contributed by atoms with Crippen LogP contribution in [-0.2, 0) is 29.1 Å². The van der Waals surface area contributed by atoms with Crippen LogP contribution in [0.1, 0.15) is 93.4 Å². The Morgan fingerprint density at radius 2 is 1.69 bits per heavy atom. The number of aromatic nitrogens is 3. The molecule has 1 saturated heterocycles. The molecular formula is C47H58F3N7O9S. The molecule has 0 bridgehead atoms. The zero-order valence-electron chi connectivity index (χ0n) is 38.6. The maximum Gasteiger partial charge on any atom is 0.427 e. The number of benzene rings is 1. The molecule has 20 heteroatoms. The largest absolute Gasteiger partial charge is 0.491 e. The van der Waals surface area contributed by atoms with Gasteiger partial charge in [0.25, 0.3) is 5.91 Å². The number of amides is 4. The fourth-order valence-corrected chi connectivity index (χ4v) is 9.81. The number of alkyl halides is 3. The van der Waals surface area contributed by atoms with E-state index in [0.29, 0.717) is 74.3 Å². The molecule has 0 unspecified atom stereocenters. The highest BCUT2D eigenvalue weighted by Gasteiger charge is 2.63. The number of carbonyl (C=O) groups excluding carboxylic acids is 4. The van der Waals surface area contributed by atoms with Crippen molar-refractivity contribution in [3.05, 3.63) is 67.1 Å². The summed E-state index contributed by atoms with van der Waals surface area (Å²) in [4.78, 5) is 71.8. The molecule has 3 aromatic rings. The van der Waals surface area contributed by atoms with Gasteiger partial charge in [-0.25, -0.2) is 18.2 Å². The lowest BCUT2D eigenvalue weighted by Gasteiger charge is -2.34. The van der Waals surface area contributed by atoms with Gasteiger partial charge in [-0.1, -0.05) is 26.0 Å². The molecule has 362 valence electrons. The summed E-state index contributed by atoms with van der Waals surface area (Å²) in [5.41, 5.74) is -2.57. The maximum atomic E-state index is 15.0. The van der Waals surface area contributed by atoms with Crippen LogP contribution in [0.25, 0.3) is 22.6 Å².